The van der Waals surface area contributed by atoms with Crippen molar-refractivity contribution in [3.8, 4) is 22.3 Å². The number of benzene rings is 3. The molecule has 0 spiro atoms. The minimum atomic E-state index is -3.95. The van der Waals surface area contributed by atoms with Crippen LogP contribution in [0, 0.1) is 12.7 Å². The molecule has 0 N–H and O–H groups in total. The molecule has 0 saturated carbocycles. The summed E-state index contributed by atoms with van der Waals surface area (Å²) < 4.78 is 44.8. The first-order chi connectivity index (χ1) is 22.7. The van der Waals surface area contributed by atoms with Crippen molar-refractivity contribution in [2.24, 2.45) is 0 Å². The first-order valence-electron chi connectivity index (χ1n) is 15.9. The number of fused-ring (bicyclic) bond motifs is 1. The van der Waals surface area contributed by atoms with Crippen LogP contribution in [-0.2, 0) is 16.6 Å². The number of aryl methyl sites for hydroxylation is 1. The lowest BCUT2D eigenvalue weighted by molar-refractivity contribution is 0.209. The third-order valence-corrected chi connectivity index (χ3v) is 10.6. The number of piperazine rings is 1. The zero-order valence-corrected chi connectivity index (χ0v) is 27.5. The highest BCUT2D eigenvalue weighted by Gasteiger charge is 2.24. The van der Waals surface area contributed by atoms with Crippen molar-refractivity contribution in [2.75, 3.05) is 31.1 Å². The van der Waals surface area contributed by atoms with E-state index >= 15 is 0 Å². The Labute approximate surface area is 274 Å². The molecule has 1 saturated heterocycles. The Morgan fingerprint density at radius 3 is 2.34 bits per heavy atom. The maximum Gasteiger partial charge on any atom is 0.269 e. The number of hydrogen-bond donors (Lipinski definition) is 0. The molecule has 1 aliphatic heterocycles. The number of rotatable bonds is 8. The van der Waals surface area contributed by atoms with Crippen LogP contribution < -0.4 is 4.90 Å². The van der Waals surface area contributed by atoms with Crippen molar-refractivity contribution in [2.45, 2.75) is 38.3 Å². The molecule has 47 heavy (non-hydrogen) atoms. The maximum absolute atomic E-state index is 14.0. The molecule has 0 aliphatic carbocycles. The van der Waals surface area contributed by atoms with E-state index in [0.717, 1.165) is 59.7 Å². The highest BCUT2D eigenvalue weighted by Crippen LogP contribution is 2.35. The molecule has 3 aromatic heterocycles. The maximum atomic E-state index is 14.0. The fourth-order valence-electron chi connectivity index (χ4n) is 6.26. The van der Waals surface area contributed by atoms with E-state index in [1.54, 1.807) is 53.6 Å². The van der Waals surface area contributed by atoms with Gasteiger partial charge in [0.1, 0.15) is 5.82 Å². The Hall–Kier alpha value is -4.80. The van der Waals surface area contributed by atoms with E-state index in [9.17, 15) is 12.8 Å². The van der Waals surface area contributed by atoms with Crippen molar-refractivity contribution in [3.05, 3.63) is 121 Å². The summed E-state index contributed by atoms with van der Waals surface area (Å²) in [4.78, 5) is 9.86. The van der Waals surface area contributed by atoms with Crippen molar-refractivity contribution >= 4 is 26.7 Å². The lowest BCUT2D eigenvalue weighted by atomic mass is 10.0. The molecule has 1 fully saturated rings. The van der Waals surface area contributed by atoms with Crippen LogP contribution in [0.4, 0.5) is 10.1 Å². The van der Waals surface area contributed by atoms with Crippen LogP contribution >= 0.6 is 0 Å². The van der Waals surface area contributed by atoms with E-state index in [1.165, 1.54) is 16.1 Å². The molecule has 0 unspecified atom stereocenters. The van der Waals surface area contributed by atoms with Crippen LogP contribution in [-0.4, -0.2) is 64.3 Å². The summed E-state index contributed by atoms with van der Waals surface area (Å²) in [5.74, 6) is -0.306. The molecule has 240 valence electrons. The summed E-state index contributed by atoms with van der Waals surface area (Å²) >= 11 is 0. The zero-order chi connectivity index (χ0) is 32.7. The lowest BCUT2D eigenvalue weighted by Crippen LogP contribution is -2.48. The molecule has 1 aliphatic rings. The average molecular weight is 649 g/mol. The van der Waals surface area contributed by atoms with E-state index in [4.69, 9.17) is 4.98 Å². The second-order valence-electron chi connectivity index (χ2n) is 12.5. The topological polar surface area (TPSA) is 76.3 Å². The fourth-order valence-corrected chi connectivity index (χ4v) is 7.59. The van der Waals surface area contributed by atoms with Gasteiger partial charge in [-0.2, -0.15) is 5.10 Å². The van der Waals surface area contributed by atoms with Gasteiger partial charge in [0.2, 0.25) is 0 Å². The average Bonchev–Trinajstić information content (AvgIpc) is 3.70. The van der Waals surface area contributed by atoms with Gasteiger partial charge in [-0.25, -0.2) is 21.8 Å². The molecule has 6 aromatic rings. The standard InChI is InChI=1S/C37H37FN6O2S/c1-26(2)41-14-16-42(17-15-41)33-9-5-7-29(19-33)30-20-35-36(31-22-40-43(24-31)23-28-6-4-8-32(38)18-28)25-44(37(35)39-21-30)47(45,46)34-12-10-27(3)11-13-34/h4-13,18-22,24-26H,14-17,23H2,1-3H3. The van der Waals surface area contributed by atoms with Crippen molar-refractivity contribution in [1.82, 2.24) is 23.6 Å². The van der Waals surface area contributed by atoms with Crippen molar-refractivity contribution < 1.29 is 12.8 Å². The minimum absolute atomic E-state index is 0.185. The van der Waals surface area contributed by atoms with Gasteiger partial charge in [0.25, 0.3) is 10.0 Å². The second kappa shape index (κ2) is 12.4. The third kappa shape index (κ3) is 6.18. The molecule has 0 bridgehead atoms. The van der Waals surface area contributed by atoms with E-state index in [0.29, 0.717) is 29.2 Å². The van der Waals surface area contributed by atoms with Gasteiger partial charge in [-0.1, -0.05) is 42.0 Å². The highest BCUT2D eigenvalue weighted by atomic mass is 32.2. The van der Waals surface area contributed by atoms with E-state index < -0.39 is 10.0 Å². The van der Waals surface area contributed by atoms with Crippen LogP contribution in [0.3, 0.4) is 0 Å². The molecular formula is C37H37FN6O2S. The number of hydrogen-bond acceptors (Lipinski definition) is 6. The molecule has 0 amide bonds. The largest absolute Gasteiger partial charge is 0.369 e. The van der Waals surface area contributed by atoms with E-state index in [1.807, 2.05) is 25.3 Å². The Morgan fingerprint density at radius 1 is 0.830 bits per heavy atom. The van der Waals surface area contributed by atoms with Gasteiger partial charge in [0, 0.05) is 78.6 Å². The summed E-state index contributed by atoms with van der Waals surface area (Å²) in [5, 5.41) is 5.22. The predicted molar refractivity (Wildman–Crippen MR) is 185 cm³/mol. The fraction of sp³-hybridized carbons (Fsp3) is 0.243. The van der Waals surface area contributed by atoms with Gasteiger partial charge < -0.3 is 4.90 Å². The van der Waals surface area contributed by atoms with Crippen LogP contribution in [0.5, 0.6) is 0 Å². The van der Waals surface area contributed by atoms with Gasteiger partial charge in [-0.3, -0.25) is 9.58 Å². The predicted octanol–water partition coefficient (Wildman–Crippen LogP) is 6.83. The zero-order valence-electron chi connectivity index (χ0n) is 26.7. The summed E-state index contributed by atoms with van der Waals surface area (Å²) in [6.07, 6.45) is 6.94. The summed E-state index contributed by atoms with van der Waals surface area (Å²) in [6, 6.07) is 24.2. The molecular weight excluding hydrogens is 612 g/mol. The second-order valence-corrected chi connectivity index (χ2v) is 14.3. The Balaban J connectivity index is 1.29. The monoisotopic (exact) mass is 648 g/mol. The number of anilines is 1. The highest BCUT2D eigenvalue weighted by molar-refractivity contribution is 7.90. The summed E-state index contributed by atoms with van der Waals surface area (Å²) in [6.45, 7) is 10.7. The SMILES string of the molecule is Cc1ccc(S(=O)(=O)n2cc(-c3cnn(Cc4cccc(F)c4)c3)c3cc(-c4cccc(N5CCN(C(C)C)CC5)c4)cnc32)cc1. The van der Waals surface area contributed by atoms with Crippen molar-refractivity contribution in [1.29, 1.82) is 0 Å². The molecule has 7 rings (SSSR count). The number of aromatic nitrogens is 4. The van der Waals surface area contributed by atoms with Crippen LogP contribution in [0.2, 0.25) is 0 Å². The lowest BCUT2D eigenvalue weighted by Gasteiger charge is -2.38. The third-order valence-electron chi connectivity index (χ3n) is 8.96. The molecule has 10 heteroatoms. The van der Waals surface area contributed by atoms with Crippen LogP contribution in [0.25, 0.3) is 33.3 Å². The number of pyridine rings is 1. The van der Waals surface area contributed by atoms with Crippen molar-refractivity contribution in [3.63, 3.8) is 0 Å². The minimum Gasteiger partial charge on any atom is -0.369 e. The van der Waals surface area contributed by atoms with E-state index in [-0.39, 0.29) is 10.7 Å². The van der Waals surface area contributed by atoms with E-state index in [2.05, 4.69) is 53.0 Å². The summed E-state index contributed by atoms with van der Waals surface area (Å²) in [5.41, 5.74) is 6.56. The molecule has 8 nitrogen and oxygen atoms in total. The molecule has 4 heterocycles. The summed E-state index contributed by atoms with van der Waals surface area (Å²) in [7, 11) is -3.95. The smallest absolute Gasteiger partial charge is 0.269 e. The Kier molecular flexibility index (Phi) is 8.15. The molecule has 3 aromatic carbocycles. The molecule has 0 radical (unpaired) electrons. The van der Waals surface area contributed by atoms with Gasteiger partial charge in [-0.05, 0) is 74.4 Å². The van der Waals surface area contributed by atoms with Crippen LogP contribution in [0.15, 0.2) is 109 Å². The first kappa shape index (κ1) is 30.8. The quantitative estimate of drug-likeness (QED) is 0.180. The first-order valence-corrected chi connectivity index (χ1v) is 17.3. The van der Waals surface area contributed by atoms with Gasteiger partial charge >= 0.3 is 0 Å². The Morgan fingerprint density at radius 2 is 1.60 bits per heavy atom. The van der Waals surface area contributed by atoms with Crippen LogP contribution in [0.1, 0.15) is 25.0 Å². The van der Waals surface area contributed by atoms with Gasteiger partial charge in [0.15, 0.2) is 5.65 Å². The Bertz CT molecular complexity index is 2160. The van der Waals surface area contributed by atoms with Gasteiger partial charge in [0.05, 0.1) is 17.6 Å². The normalized spacial score (nSPS) is 14.4. The number of nitrogens with zero attached hydrogens (tertiary/aromatic N) is 6. The molecule has 0 atom stereocenters. The van der Waals surface area contributed by atoms with Gasteiger partial charge in [-0.15, -0.1) is 0 Å². The number of halogens is 1.